The smallest absolute Gasteiger partial charge is 0.125 e. The molecule has 2 N–H and O–H groups in total. The van der Waals surface area contributed by atoms with Crippen LogP contribution in [0, 0.1) is 0 Å². The van der Waals surface area contributed by atoms with Gasteiger partial charge in [0.05, 0.1) is 6.61 Å². The van der Waals surface area contributed by atoms with E-state index in [4.69, 9.17) is 26.8 Å². The predicted octanol–water partition coefficient (Wildman–Crippen LogP) is 1.90. The Morgan fingerprint density at radius 2 is 2.37 bits per heavy atom. The Bertz CT molecular complexity index is 414. The van der Waals surface area contributed by atoms with Gasteiger partial charge >= 0.3 is 0 Å². The van der Waals surface area contributed by atoms with E-state index in [9.17, 15) is 0 Å². The predicted molar refractivity (Wildman–Crippen MR) is 76.7 cm³/mol. The molecular formula is C14H21ClN2O2. The van der Waals surface area contributed by atoms with Gasteiger partial charge in [-0.05, 0) is 18.7 Å². The summed E-state index contributed by atoms with van der Waals surface area (Å²) in [4.78, 5) is 2.36. The largest absolute Gasteiger partial charge is 0.490 e. The number of benzene rings is 1. The van der Waals surface area contributed by atoms with Gasteiger partial charge in [0.15, 0.2) is 0 Å². The quantitative estimate of drug-likeness (QED) is 0.897. The lowest BCUT2D eigenvalue weighted by Gasteiger charge is -2.32. The molecule has 106 valence electrons. The first-order valence-electron chi connectivity index (χ1n) is 6.68. The highest BCUT2D eigenvalue weighted by Gasteiger charge is 2.20. The SMILES string of the molecule is CCN1CCOC(COc2cc(Cl)ccc2CN)C1. The first-order chi connectivity index (χ1) is 9.22. The molecule has 4 nitrogen and oxygen atoms in total. The van der Waals surface area contributed by atoms with Crippen molar-refractivity contribution < 1.29 is 9.47 Å². The molecule has 1 aromatic carbocycles. The van der Waals surface area contributed by atoms with E-state index in [0.29, 0.717) is 18.2 Å². The molecule has 0 radical (unpaired) electrons. The Kier molecular flexibility index (Phi) is 5.45. The van der Waals surface area contributed by atoms with E-state index in [1.54, 1.807) is 0 Å². The number of hydrogen-bond donors (Lipinski definition) is 1. The molecule has 1 aliphatic heterocycles. The number of hydrogen-bond acceptors (Lipinski definition) is 4. The van der Waals surface area contributed by atoms with Crippen LogP contribution in [0.4, 0.5) is 0 Å². The first-order valence-corrected chi connectivity index (χ1v) is 7.06. The normalized spacial score (nSPS) is 20.5. The van der Waals surface area contributed by atoms with Crippen LogP contribution in [0.3, 0.4) is 0 Å². The molecule has 19 heavy (non-hydrogen) atoms. The van der Waals surface area contributed by atoms with Crippen LogP contribution in [-0.4, -0.2) is 43.9 Å². The summed E-state index contributed by atoms with van der Waals surface area (Å²) < 4.78 is 11.5. The zero-order valence-corrected chi connectivity index (χ0v) is 12.0. The fourth-order valence-corrected chi connectivity index (χ4v) is 2.34. The van der Waals surface area contributed by atoms with E-state index in [-0.39, 0.29) is 6.10 Å². The van der Waals surface area contributed by atoms with Crippen LogP contribution in [0.25, 0.3) is 0 Å². The molecular weight excluding hydrogens is 264 g/mol. The van der Waals surface area contributed by atoms with Gasteiger partial charge in [-0.15, -0.1) is 0 Å². The molecule has 5 heteroatoms. The topological polar surface area (TPSA) is 47.7 Å². The maximum atomic E-state index is 5.98. The zero-order valence-electron chi connectivity index (χ0n) is 11.3. The fraction of sp³-hybridized carbons (Fsp3) is 0.571. The maximum absolute atomic E-state index is 5.98. The van der Waals surface area contributed by atoms with Crippen LogP contribution in [-0.2, 0) is 11.3 Å². The second-order valence-electron chi connectivity index (χ2n) is 4.65. The molecule has 1 saturated heterocycles. The molecule has 1 aliphatic rings. The van der Waals surface area contributed by atoms with E-state index in [2.05, 4.69) is 11.8 Å². The molecule has 1 atom stereocenters. The second-order valence-corrected chi connectivity index (χ2v) is 5.09. The van der Waals surface area contributed by atoms with Gasteiger partial charge in [-0.2, -0.15) is 0 Å². The third kappa shape index (κ3) is 4.08. The average molecular weight is 285 g/mol. The number of nitrogens with zero attached hydrogens (tertiary/aromatic N) is 1. The van der Waals surface area contributed by atoms with Crippen LogP contribution < -0.4 is 10.5 Å². The summed E-state index contributed by atoms with van der Waals surface area (Å²) in [7, 11) is 0. The van der Waals surface area contributed by atoms with Gasteiger partial charge in [-0.25, -0.2) is 0 Å². The highest BCUT2D eigenvalue weighted by atomic mass is 35.5. The highest BCUT2D eigenvalue weighted by molar-refractivity contribution is 6.30. The molecule has 0 bridgehead atoms. The van der Waals surface area contributed by atoms with Crippen LogP contribution in [0.1, 0.15) is 12.5 Å². The summed E-state index contributed by atoms with van der Waals surface area (Å²) in [5.41, 5.74) is 6.66. The summed E-state index contributed by atoms with van der Waals surface area (Å²) in [5, 5.41) is 0.659. The van der Waals surface area contributed by atoms with Gasteiger partial charge in [0.2, 0.25) is 0 Å². The minimum Gasteiger partial charge on any atom is -0.490 e. The third-order valence-electron chi connectivity index (χ3n) is 3.34. The van der Waals surface area contributed by atoms with E-state index < -0.39 is 0 Å². The molecule has 0 aliphatic carbocycles. The second kappa shape index (κ2) is 7.10. The van der Waals surface area contributed by atoms with Gasteiger partial charge in [0, 0.05) is 30.2 Å². The van der Waals surface area contributed by atoms with Crippen molar-refractivity contribution in [2.75, 3.05) is 32.8 Å². The minimum absolute atomic E-state index is 0.110. The summed E-state index contributed by atoms with van der Waals surface area (Å²) in [6.07, 6.45) is 0.110. The van der Waals surface area contributed by atoms with Crippen LogP contribution in [0.15, 0.2) is 18.2 Å². The molecule has 1 aromatic rings. The van der Waals surface area contributed by atoms with Crippen molar-refractivity contribution in [1.82, 2.24) is 4.90 Å². The molecule has 0 amide bonds. The number of morpholine rings is 1. The number of rotatable bonds is 5. The van der Waals surface area contributed by atoms with E-state index in [1.807, 2.05) is 18.2 Å². The maximum Gasteiger partial charge on any atom is 0.125 e. The Balaban J connectivity index is 1.92. The fourth-order valence-electron chi connectivity index (χ4n) is 2.18. The van der Waals surface area contributed by atoms with E-state index in [0.717, 1.165) is 37.6 Å². The van der Waals surface area contributed by atoms with Crippen molar-refractivity contribution in [2.24, 2.45) is 5.73 Å². The Labute approximate surface area is 119 Å². The van der Waals surface area contributed by atoms with Crippen molar-refractivity contribution in [3.05, 3.63) is 28.8 Å². The summed E-state index contributed by atoms with van der Waals surface area (Å²) >= 11 is 5.98. The first kappa shape index (κ1) is 14.6. The van der Waals surface area contributed by atoms with Crippen molar-refractivity contribution in [1.29, 1.82) is 0 Å². The van der Waals surface area contributed by atoms with Crippen LogP contribution in [0.5, 0.6) is 5.75 Å². The molecule has 1 unspecified atom stereocenters. The van der Waals surface area contributed by atoms with Gasteiger partial charge in [-0.3, -0.25) is 4.90 Å². The Morgan fingerprint density at radius 3 is 3.11 bits per heavy atom. The molecule has 0 aromatic heterocycles. The van der Waals surface area contributed by atoms with E-state index in [1.165, 1.54) is 0 Å². The van der Waals surface area contributed by atoms with Crippen LogP contribution >= 0.6 is 11.6 Å². The molecule has 0 spiro atoms. The minimum atomic E-state index is 0.110. The highest BCUT2D eigenvalue weighted by Crippen LogP contribution is 2.23. The lowest BCUT2D eigenvalue weighted by atomic mass is 10.2. The number of halogens is 1. The average Bonchev–Trinajstić information content (AvgIpc) is 2.45. The molecule has 1 heterocycles. The van der Waals surface area contributed by atoms with Crippen molar-refractivity contribution >= 4 is 11.6 Å². The monoisotopic (exact) mass is 284 g/mol. The van der Waals surface area contributed by atoms with Gasteiger partial charge in [-0.1, -0.05) is 24.6 Å². The number of ether oxygens (including phenoxy) is 2. The third-order valence-corrected chi connectivity index (χ3v) is 3.58. The summed E-state index contributed by atoms with van der Waals surface area (Å²) in [5.74, 6) is 0.757. The lowest BCUT2D eigenvalue weighted by molar-refractivity contribution is -0.0465. The zero-order chi connectivity index (χ0) is 13.7. The number of likely N-dealkylation sites (N-methyl/N-ethyl adjacent to an activating group) is 1. The Morgan fingerprint density at radius 1 is 1.53 bits per heavy atom. The standard InChI is InChI=1S/C14H21ClN2O2/c1-2-17-5-6-18-13(9-17)10-19-14-7-12(15)4-3-11(14)8-16/h3-4,7,13H,2,5-6,8-10,16H2,1H3. The van der Waals surface area contributed by atoms with Gasteiger partial charge < -0.3 is 15.2 Å². The van der Waals surface area contributed by atoms with Gasteiger partial charge in [0.1, 0.15) is 18.5 Å². The van der Waals surface area contributed by atoms with Crippen molar-refractivity contribution in [3.8, 4) is 5.75 Å². The van der Waals surface area contributed by atoms with Gasteiger partial charge in [0.25, 0.3) is 0 Å². The van der Waals surface area contributed by atoms with Crippen LogP contribution in [0.2, 0.25) is 5.02 Å². The molecule has 2 rings (SSSR count). The molecule has 0 saturated carbocycles. The molecule has 1 fully saturated rings. The lowest BCUT2D eigenvalue weighted by Crippen LogP contribution is -2.44. The summed E-state index contributed by atoms with van der Waals surface area (Å²) in [6.45, 7) is 6.86. The number of nitrogens with two attached hydrogens (primary N) is 1. The van der Waals surface area contributed by atoms with Crippen molar-refractivity contribution in [2.45, 2.75) is 19.6 Å². The Hall–Kier alpha value is -0.810. The van der Waals surface area contributed by atoms with Crippen molar-refractivity contribution in [3.63, 3.8) is 0 Å². The van der Waals surface area contributed by atoms with E-state index >= 15 is 0 Å². The summed E-state index contributed by atoms with van der Waals surface area (Å²) in [6, 6.07) is 5.54.